The van der Waals surface area contributed by atoms with E-state index in [-0.39, 0.29) is 12.5 Å². The smallest absolute Gasteiger partial charge is 0.251 e. The van der Waals surface area contributed by atoms with Gasteiger partial charge in [0.15, 0.2) is 0 Å². The summed E-state index contributed by atoms with van der Waals surface area (Å²) >= 11 is 3.36. The van der Waals surface area contributed by atoms with Crippen LogP contribution in [0.25, 0.3) is 0 Å². The molecule has 0 aliphatic rings. The van der Waals surface area contributed by atoms with E-state index in [9.17, 15) is 9.90 Å². The second-order valence-electron chi connectivity index (χ2n) is 5.33. The zero-order chi connectivity index (χ0) is 15.5. The normalized spacial score (nSPS) is 13.5. The van der Waals surface area contributed by atoms with Crippen molar-refractivity contribution in [3.63, 3.8) is 0 Å². The molecule has 2 N–H and O–H groups in total. The lowest BCUT2D eigenvalue weighted by atomic mass is 9.96. The molecule has 1 amide bonds. The molecule has 0 radical (unpaired) electrons. The summed E-state index contributed by atoms with van der Waals surface area (Å²) in [6, 6.07) is 14.8. The van der Waals surface area contributed by atoms with Gasteiger partial charge in [0.25, 0.3) is 5.91 Å². The number of aliphatic hydroxyl groups is 1. The van der Waals surface area contributed by atoms with Gasteiger partial charge in [0.1, 0.15) is 5.60 Å². The summed E-state index contributed by atoms with van der Waals surface area (Å²) < 4.78 is 0.950. The van der Waals surface area contributed by atoms with Crippen molar-refractivity contribution in [2.45, 2.75) is 19.4 Å². The molecular weight excluding hydrogens is 330 g/mol. The van der Waals surface area contributed by atoms with Gasteiger partial charge in [-0.25, -0.2) is 0 Å². The van der Waals surface area contributed by atoms with E-state index in [0.29, 0.717) is 5.56 Å². The number of nitrogens with one attached hydrogen (secondary N) is 1. The quantitative estimate of drug-likeness (QED) is 0.890. The topological polar surface area (TPSA) is 49.3 Å². The van der Waals surface area contributed by atoms with Gasteiger partial charge < -0.3 is 10.4 Å². The molecule has 4 heteroatoms. The highest BCUT2D eigenvalue weighted by atomic mass is 79.9. The van der Waals surface area contributed by atoms with Crippen LogP contribution in [0, 0.1) is 6.92 Å². The molecule has 0 fully saturated rings. The maximum Gasteiger partial charge on any atom is 0.251 e. The Kier molecular flexibility index (Phi) is 4.80. The number of benzene rings is 2. The third kappa shape index (κ3) is 4.16. The number of rotatable bonds is 4. The molecule has 0 aliphatic carbocycles. The number of amides is 1. The Morgan fingerprint density at radius 1 is 1.24 bits per heavy atom. The van der Waals surface area contributed by atoms with E-state index >= 15 is 0 Å². The molecule has 0 saturated heterocycles. The first kappa shape index (κ1) is 15.7. The van der Waals surface area contributed by atoms with Crippen molar-refractivity contribution >= 4 is 21.8 Å². The van der Waals surface area contributed by atoms with Crippen LogP contribution in [0.3, 0.4) is 0 Å². The standard InChI is InChI=1S/C17H18BrNO2/c1-12-4-3-5-13(10-12)16(20)19-11-17(2,21)14-6-8-15(18)9-7-14/h3-10,21H,11H2,1-2H3,(H,19,20). The minimum atomic E-state index is -1.11. The van der Waals surface area contributed by atoms with Gasteiger partial charge in [0.2, 0.25) is 0 Å². The predicted molar refractivity (Wildman–Crippen MR) is 87.2 cm³/mol. The summed E-state index contributed by atoms with van der Waals surface area (Å²) in [4.78, 5) is 12.1. The van der Waals surface area contributed by atoms with Crippen molar-refractivity contribution < 1.29 is 9.90 Å². The molecular formula is C17H18BrNO2. The Balaban J connectivity index is 2.04. The zero-order valence-corrected chi connectivity index (χ0v) is 13.6. The van der Waals surface area contributed by atoms with Crippen LogP contribution >= 0.6 is 15.9 Å². The van der Waals surface area contributed by atoms with Gasteiger partial charge in [-0.1, -0.05) is 45.8 Å². The van der Waals surface area contributed by atoms with E-state index in [1.807, 2.05) is 49.4 Å². The summed E-state index contributed by atoms with van der Waals surface area (Å²) in [6.45, 7) is 3.78. The number of hydrogen-bond acceptors (Lipinski definition) is 2. The first-order valence-corrected chi connectivity index (χ1v) is 7.51. The SMILES string of the molecule is Cc1cccc(C(=O)NCC(C)(O)c2ccc(Br)cc2)c1. The average Bonchev–Trinajstić information content (AvgIpc) is 2.45. The van der Waals surface area contributed by atoms with Crippen LogP contribution in [0.4, 0.5) is 0 Å². The summed E-state index contributed by atoms with van der Waals surface area (Å²) in [5, 5.41) is 13.3. The Morgan fingerprint density at radius 3 is 2.52 bits per heavy atom. The van der Waals surface area contributed by atoms with E-state index in [1.54, 1.807) is 13.0 Å². The van der Waals surface area contributed by atoms with E-state index in [2.05, 4.69) is 21.2 Å². The third-order valence-electron chi connectivity index (χ3n) is 3.34. The summed E-state index contributed by atoms with van der Waals surface area (Å²) in [7, 11) is 0. The van der Waals surface area contributed by atoms with Crippen LogP contribution in [-0.4, -0.2) is 17.6 Å². The number of hydrogen-bond donors (Lipinski definition) is 2. The first-order valence-electron chi connectivity index (χ1n) is 6.72. The lowest BCUT2D eigenvalue weighted by Gasteiger charge is -2.24. The van der Waals surface area contributed by atoms with Gasteiger partial charge in [0.05, 0.1) is 6.54 Å². The molecule has 1 unspecified atom stereocenters. The molecule has 0 spiro atoms. The molecule has 1 atom stereocenters. The molecule has 0 saturated carbocycles. The van der Waals surface area contributed by atoms with Gasteiger partial charge in [-0.05, 0) is 43.7 Å². The second-order valence-corrected chi connectivity index (χ2v) is 6.25. The van der Waals surface area contributed by atoms with Gasteiger partial charge >= 0.3 is 0 Å². The monoisotopic (exact) mass is 347 g/mol. The van der Waals surface area contributed by atoms with Crippen molar-refractivity contribution in [2.24, 2.45) is 0 Å². The maximum atomic E-state index is 12.1. The molecule has 2 aromatic carbocycles. The molecule has 2 rings (SSSR count). The Hall–Kier alpha value is -1.65. The fourth-order valence-electron chi connectivity index (χ4n) is 2.05. The molecule has 110 valence electrons. The second kappa shape index (κ2) is 6.41. The highest BCUT2D eigenvalue weighted by molar-refractivity contribution is 9.10. The van der Waals surface area contributed by atoms with Gasteiger partial charge in [-0.3, -0.25) is 4.79 Å². The van der Waals surface area contributed by atoms with Crippen LogP contribution in [-0.2, 0) is 5.60 Å². The van der Waals surface area contributed by atoms with E-state index in [0.717, 1.165) is 15.6 Å². The highest BCUT2D eigenvalue weighted by Gasteiger charge is 2.23. The fourth-order valence-corrected chi connectivity index (χ4v) is 2.32. The van der Waals surface area contributed by atoms with Crippen LogP contribution in [0.15, 0.2) is 53.0 Å². The van der Waals surface area contributed by atoms with Crippen molar-refractivity contribution in [1.82, 2.24) is 5.32 Å². The fraction of sp³-hybridized carbons (Fsp3) is 0.235. The number of halogens is 1. The zero-order valence-electron chi connectivity index (χ0n) is 12.1. The van der Waals surface area contributed by atoms with Crippen LogP contribution in [0.5, 0.6) is 0 Å². The Labute approximate surface area is 133 Å². The van der Waals surface area contributed by atoms with Gasteiger partial charge in [-0.15, -0.1) is 0 Å². The van der Waals surface area contributed by atoms with E-state index in [1.165, 1.54) is 0 Å². The minimum absolute atomic E-state index is 0.154. The summed E-state index contributed by atoms with van der Waals surface area (Å²) in [5.41, 5.74) is 1.28. The Morgan fingerprint density at radius 2 is 1.90 bits per heavy atom. The van der Waals surface area contributed by atoms with Crippen molar-refractivity contribution in [1.29, 1.82) is 0 Å². The van der Waals surface area contributed by atoms with E-state index < -0.39 is 5.60 Å². The summed E-state index contributed by atoms with van der Waals surface area (Å²) in [5.74, 6) is -0.184. The van der Waals surface area contributed by atoms with E-state index in [4.69, 9.17) is 0 Å². The molecule has 0 heterocycles. The number of aryl methyl sites for hydroxylation is 1. The molecule has 2 aromatic rings. The largest absolute Gasteiger partial charge is 0.384 e. The van der Waals surface area contributed by atoms with Crippen LogP contribution in [0.1, 0.15) is 28.4 Å². The molecule has 0 aliphatic heterocycles. The lowest BCUT2D eigenvalue weighted by molar-refractivity contribution is 0.0526. The van der Waals surface area contributed by atoms with Crippen LogP contribution in [0.2, 0.25) is 0 Å². The molecule has 21 heavy (non-hydrogen) atoms. The first-order chi connectivity index (χ1) is 9.88. The highest BCUT2D eigenvalue weighted by Crippen LogP contribution is 2.22. The van der Waals surface area contributed by atoms with Crippen molar-refractivity contribution in [2.75, 3.05) is 6.54 Å². The number of carbonyl (C=O) groups excluding carboxylic acids is 1. The van der Waals surface area contributed by atoms with Crippen molar-refractivity contribution in [3.8, 4) is 0 Å². The molecule has 0 aromatic heterocycles. The number of carbonyl (C=O) groups is 1. The molecule has 0 bridgehead atoms. The van der Waals surface area contributed by atoms with Crippen LogP contribution < -0.4 is 5.32 Å². The summed E-state index contributed by atoms with van der Waals surface area (Å²) in [6.07, 6.45) is 0. The molecule has 3 nitrogen and oxygen atoms in total. The third-order valence-corrected chi connectivity index (χ3v) is 3.87. The average molecular weight is 348 g/mol. The van der Waals surface area contributed by atoms with Crippen molar-refractivity contribution in [3.05, 3.63) is 69.7 Å². The lowest BCUT2D eigenvalue weighted by Crippen LogP contribution is -2.38. The maximum absolute atomic E-state index is 12.1. The van der Waals surface area contributed by atoms with Gasteiger partial charge in [-0.2, -0.15) is 0 Å². The minimum Gasteiger partial charge on any atom is -0.384 e. The Bertz CT molecular complexity index is 635. The van der Waals surface area contributed by atoms with Gasteiger partial charge in [0, 0.05) is 10.0 Å². The predicted octanol–water partition coefficient (Wildman–Crippen LogP) is 3.40.